The van der Waals surface area contributed by atoms with Gasteiger partial charge in [-0.15, -0.1) is 0 Å². The summed E-state index contributed by atoms with van der Waals surface area (Å²) in [6.07, 6.45) is 0.899. The van der Waals surface area contributed by atoms with Crippen LogP contribution in [0.1, 0.15) is 30.6 Å². The van der Waals surface area contributed by atoms with E-state index < -0.39 is 0 Å². The standard InChI is InChI=1S/C16H18O2/c1-12(2)10-11-18-16(17)15-9-5-7-13-6-3-4-8-14(13)15/h3-9,12H,10-11H2,1-2H3. The number of rotatable bonds is 4. The quantitative estimate of drug-likeness (QED) is 0.756. The Hall–Kier alpha value is -1.83. The molecule has 18 heavy (non-hydrogen) atoms. The SMILES string of the molecule is CC(C)CCOC(=O)c1cccc2ccccc12. The van der Waals surface area contributed by atoms with Crippen LogP contribution in [0.25, 0.3) is 10.8 Å². The van der Waals surface area contributed by atoms with E-state index >= 15 is 0 Å². The highest BCUT2D eigenvalue weighted by atomic mass is 16.5. The largest absolute Gasteiger partial charge is 0.462 e. The maximum absolute atomic E-state index is 12.0. The van der Waals surface area contributed by atoms with Gasteiger partial charge < -0.3 is 4.74 Å². The summed E-state index contributed by atoms with van der Waals surface area (Å²) in [5.41, 5.74) is 0.650. The second-order valence-electron chi connectivity index (χ2n) is 4.85. The van der Waals surface area contributed by atoms with Crippen LogP contribution in [0.3, 0.4) is 0 Å². The number of hydrogen-bond donors (Lipinski definition) is 0. The number of hydrogen-bond acceptors (Lipinski definition) is 2. The zero-order chi connectivity index (χ0) is 13.0. The van der Waals surface area contributed by atoms with Crippen molar-refractivity contribution >= 4 is 16.7 Å². The van der Waals surface area contributed by atoms with E-state index in [-0.39, 0.29) is 5.97 Å². The van der Waals surface area contributed by atoms with E-state index in [0.29, 0.717) is 18.1 Å². The highest BCUT2D eigenvalue weighted by Gasteiger charge is 2.10. The van der Waals surface area contributed by atoms with Gasteiger partial charge in [-0.25, -0.2) is 4.79 Å². The van der Waals surface area contributed by atoms with Crippen molar-refractivity contribution in [3.63, 3.8) is 0 Å². The third-order valence-electron chi connectivity index (χ3n) is 2.94. The predicted molar refractivity (Wildman–Crippen MR) is 73.7 cm³/mol. The normalized spacial score (nSPS) is 10.8. The molecule has 0 spiro atoms. The van der Waals surface area contributed by atoms with Crippen LogP contribution in [0, 0.1) is 5.92 Å². The summed E-state index contributed by atoms with van der Waals surface area (Å²) in [6.45, 7) is 4.72. The molecule has 0 aliphatic heterocycles. The molecule has 2 aromatic carbocycles. The van der Waals surface area contributed by atoms with E-state index in [1.165, 1.54) is 0 Å². The minimum Gasteiger partial charge on any atom is -0.462 e. The van der Waals surface area contributed by atoms with Gasteiger partial charge in [0.25, 0.3) is 0 Å². The van der Waals surface area contributed by atoms with Crippen molar-refractivity contribution in [1.29, 1.82) is 0 Å². The topological polar surface area (TPSA) is 26.3 Å². The molecule has 2 nitrogen and oxygen atoms in total. The Morgan fingerprint density at radius 1 is 1.11 bits per heavy atom. The second-order valence-corrected chi connectivity index (χ2v) is 4.85. The third kappa shape index (κ3) is 2.89. The summed E-state index contributed by atoms with van der Waals surface area (Å²) in [5, 5.41) is 2.02. The number of esters is 1. The fraction of sp³-hybridized carbons (Fsp3) is 0.312. The molecule has 0 aliphatic carbocycles. The zero-order valence-corrected chi connectivity index (χ0v) is 10.8. The van der Waals surface area contributed by atoms with Gasteiger partial charge in [0.05, 0.1) is 12.2 Å². The van der Waals surface area contributed by atoms with Crippen molar-refractivity contribution < 1.29 is 9.53 Å². The first-order valence-electron chi connectivity index (χ1n) is 6.33. The van der Waals surface area contributed by atoms with Crippen LogP contribution in [0.5, 0.6) is 0 Å². The van der Waals surface area contributed by atoms with Gasteiger partial charge in [0.1, 0.15) is 0 Å². The highest BCUT2D eigenvalue weighted by molar-refractivity contribution is 6.04. The molecule has 94 valence electrons. The molecular formula is C16H18O2. The van der Waals surface area contributed by atoms with Crippen molar-refractivity contribution in [3.05, 3.63) is 48.0 Å². The predicted octanol–water partition coefficient (Wildman–Crippen LogP) is 4.04. The minimum absolute atomic E-state index is 0.229. The van der Waals surface area contributed by atoms with Gasteiger partial charge >= 0.3 is 5.97 Å². The number of fused-ring (bicyclic) bond motifs is 1. The Morgan fingerprint density at radius 2 is 1.83 bits per heavy atom. The molecule has 0 fully saturated rings. The summed E-state index contributed by atoms with van der Waals surface area (Å²) < 4.78 is 5.31. The molecule has 0 amide bonds. The van der Waals surface area contributed by atoms with Crippen LogP contribution in [0.15, 0.2) is 42.5 Å². The summed E-state index contributed by atoms with van der Waals surface area (Å²) in [4.78, 5) is 12.0. The smallest absolute Gasteiger partial charge is 0.338 e. The monoisotopic (exact) mass is 242 g/mol. The number of benzene rings is 2. The van der Waals surface area contributed by atoms with E-state index in [9.17, 15) is 4.79 Å². The Morgan fingerprint density at radius 3 is 2.61 bits per heavy atom. The lowest BCUT2D eigenvalue weighted by Gasteiger charge is -2.08. The third-order valence-corrected chi connectivity index (χ3v) is 2.94. The average Bonchev–Trinajstić information content (AvgIpc) is 2.37. The number of ether oxygens (including phenoxy) is 1. The van der Waals surface area contributed by atoms with E-state index in [0.717, 1.165) is 17.2 Å². The molecule has 0 unspecified atom stereocenters. The summed E-state index contributed by atoms with van der Waals surface area (Å²) in [5.74, 6) is 0.317. The van der Waals surface area contributed by atoms with E-state index in [1.807, 2.05) is 42.5 Å². The fourth-order valence-corrected chi connectivity index (χ4v) is 1.87. The lowest BCUT2D eigenvalue weighted by molar-refractivity contribution is 0.0490. The fourth-order valence-electron chi connectivity index (χ4n) is 1.87. The van der Waals surface area contributed by atoms with Gasteiger partial charge in [0, 0.05) is 0 Å². The lowest BCUT2D eigenvalue weighted by atomic mass is 10.0. The molecule has 0 aromatic heterocycles. The van der Waals surface area contributed by atoms with Crippen molar-refractivity contribution in [3.8, 4) is 0 Å². The molecule has 0 bridgehead atoms. The zero-order valence-electron chi connectivity index (χ0n) is 10.8. The Balaban J connectivity index is 2.17. The molecule has 0 aliphatic rings. The minimum atomic E-state index is -0.229. The molecular weight excluding hydrogens is 224 g/mol. The van der Waals surface area contributed by atoms with E-state index in [2.05, 4.69) is 13.8 Å². The second kappa shape index (κ2) is 5.67. The van der Waals surface area contributed by atoms with Crippen LogP contribution < -0.4 is 0 Å². The van der Waals surface area contributed by atoms with Crippen LogP contribution in [-0.4, -0.2) is 12.6 Å². The van der Waals surface area contributed by atoms with Gasteiger partial charge in [0.2, 0.25) is 0 Å². The van der Waals surface area contributed by atoms with Crippen LogP contribution >= 0.6 is 0 Å². The molecule has 2 aromatic rings. The summed E-state index contributed by atoms with van der Waals surface area (Å²) in [7, 11) is 0. The Bertz CT molecular complexity index is 538. The van der Waals surface area contributed by atoms with Crippen molar-refractivity contribution in [2.75, 3.05) is 6.61 Å². The molecule has 0 N–H and O–H groups in total. The molecule has 0 radical (unpaired) electrons. The first-order chi connectivity index (χ1) is 8.68. The maximum Gasteiger partial charge on any atom is 0.338 e. The van der Waals surface area contributed by atoms with Gasteiger partial charge in [-0.2, -0.15) is 0 Å². The van der Waals surface area contributed by atoms with Gasteiger partial charge in [0.15, 0.2) is 0 Å². The Labute approximate surface area is 108 Å². The Kier molecular flexibility index (Phi) is 3.98. The van der Waals surface area contributed by atoms with Gasteiger partial charge in [-0.1, -0.05) is 50.2 Å². The average molecular weight is 242 g/mol. The first-order valence-corrected chi connectivity index (χ1v) is 6.33. The molecule has 2 heteroatoms. The van der Waals surface area contributed by atoms with Gasteiger partial charge in [-0.3, -0.25) is 0 Å². The highest BCUT2D eigenvalue weighted by Crippen LogP contribution is 2.19. The molecule has 0 heterocycles. The van der Waals surface area contributed by atoms with E-state index in [4.69, 9.17) is 4.74 Å². The van der Waals surface area contributed by atoms with Gasteiger partial charge in [-0.05, 0) is 29.2 Å². The van der Waals surface area contributed by atoms with Crippen LogP contribution in [-0.2, 0) is 4.74 Å². The maximum atomic E-state index is 12.0. The van der Waals surface area contributed by atoms with E-state index in [1.54, 1.807) is 0 Å². The van der Waals surface area contributed by atoms with Crippen LogP contribution in [0.2, 0.25) is 0 Å². The lowest BCUT2D eigenvalue weighted by Crippen LogP contribution is -2.08. The molecule has 2 rings (SSSR count). The number of carbonyl (C=O) groups excluding carboxylic acids is 1. The number of carbonyl (C=O) groups is 1. The van der Waals surface area contributed by atoms with Crippen LogP contribution in [0.4, 0.5) is 0 Å². The van der Waals surface area contributed by atoms with Crippen molar-refractivity contribution in [2.24, 2.45) is 5.92 Å². The molecule has 0 saturated carbocycles. The van der Waals surface area contributed by atoms with Crippen molar-refractivity contribution in [2.45, 2.75) is 20.3 Å². The molecule has 0 atom stereocenters. The summed E-state index contributed by atoms with van der Waals surface area (Å²) >= 11 is 0. The molecule has 0 saturated heterocycles. The first kappa shape index (κ1) is 12.6. The van der Waals surface area contributed by atoms with Crippen molar-refractivity contribution in [1.82, 2.24) is 0 Å². The summed E-state index contributed by atoms with van der Waals surface area (Å²) in [6, 6.07) is 13.6.